The number of nitrogens with zero attached hydrogens (tertiary/aromatic N) is 2. The van der Waals surface area contributed by atoms with Crippen LogP contribution in [0.2, 0.25) is 5.02 Å². The molecule has 1 atom stereocenters. The number of halogens is 1. The van der Waals surface area contributed by atoms with Gasteiger partial charge in [-0.15, -0.1) is 10.2 Å². The lowest BCUT2D eigenvalue weighted by Gasteiger charge is -2.09. The lowest BCUT2D eigenvalue weighted by Crippen LogP contribution is -2.32. The van der Waals surface area contributed by atoms with Crippen LogP contribution in [0.4, 0.5) is 0 Å². The van der Waals surface area contributed by atoms with Crippen molar-refractivity contribution in [1.82, 2.24) is 15.5 Å². The Hall–Kier alpha value is -1.77. The smallest absolute Gasteiger partial charge is 0.277 e. The van der Waals surface area contributed by atoms with Crippen LogP contribution in [-0.2, 0) is 16.1 Å². The number of aromatic nitrogens is 2. The molecule has 1 aliphatic heterocycles. The molecule has 9 heteroatoms. The number of hydrogen-bond acceptors (Lipinski definition) is 7. The first-order valence-electron chi connectivity index (χ1n) is 7.91. The summed E-state index contributed by atoms with van der Waals surface area (Å²) in [5.74, 6) is 1.13. The van der Waals surface area contributed by atoms with Crippen LogP contribution >= 0.6 is 23.4 Å². The second-order valence-corrected chi connectivity index (χ2v) is 6.80. The van der Waals surface area contributed by atoms with Gasteiger partial charge in [0, 0.05) is 18.2 Å². The number of hydrogen-bond donors (Lipinski definition) is 1. The number of nitrogens with one attached hydrogen (secondary N) is 1. The predicted molar refractivity (Wildman–Crippen MR) is 92.8 cm³/mol. The van der Waals surface area contributed by atoms with Crippen molar-refractivity contribution in [3.05, 3.63) is 35.2 Å². The summed E-state index contributed by atoms with van der Waals surface area (Å²) in [6.07, 6.45) is 2.18. The molecule has 3 rings (SSSR count). The van der Waals surface area contributed by atoms with Gasteiger partial charge in [-0.3, -0.25) is 4.79 Å². The SMILES string of the molecule is O=C(CSc1nnc(COc2ccc(Cl)cc2)o1)NCC1CCCO1. The first kappa shape index (κ1) is 18.0. The minimum atomic E-state index is -0.0855. The number of carbonyl (C=O) groups excluding carboxylic acids is 1. The largest absolute Gasteiger partial charge is 0.484 e. The zero-order valence-corrected chi connectivity index (χ0v) is 15.0. The Morgan fingerprint density at radius 1 is 1.36 bits per heavy atom. The highest BCUT2D eigenvalue weighted by atomic mass is 35.5. The van der Waals surface area contributed by atoms with Crippen LogP contribution in [0.1, 0.15) is 18.7 Å². The van der Waals surface area contributed by atoms with E-state index in [-0.39, 0.29) is 24.4 Å². The molecule has 1 aromatic carbocycles. The van der Waals surface area contributed by atoms with Crippen molar-refractivity contribution in [3.63, 3.8) is 0 Å². The Bertz CT molecular complexity index is 689. The highest BCUT2D eigenvalue weighted by Crippen LogP contribution is 2.19. The second-order valence-electron chi connectivity index (χ2n) is 5.43. The lowest BCUT2D eigenvalue weighted by molar-refractivity contribution is -0.119. The summed E-state index contributed by atoms with van der Waals surface area (Å²) in [5.41, 5.74) is 0. The van der Waals surface area contributed by atoms with Gasteiger partial charge < -0.3 is 19.2 Å². The molecule has 1 N–H and O–H groups in total. The van der Waals surface area contributed by atoms with Crippen LogP contribution in [0.15, 0.2) is 33.9 Å². The molecule has 134 valence electrons. The zero-order valence-electron chi connectivity index (χ0n) is 13.4. The van der Waals surface area contributed by atoms with E-state index in [0.29, 0.717) is 28.4 Å². The van der Waals surface area contributed by atoms with Gasteiger partial charge in [0.05, 0.1) is 11.9 Å². The second kappa shape index (κ2) is 9.07. The topological polar surface area (TPSA) is 86.5 Å². The van der Waals surface area contributed by atoms with Crippen LogP contribution in [0.5, 0.6) is 5.75 Å². The number of amides is 1. The van der Waals surface area contributed by atoms with Crippen LogP contribution in [0.25, 0.3) is 0 Å². The fraction of sp³-hybridized carbons (Fsp3) is 0.438. The quantitative estimate of drug-likeness (QED) is 0.701. The van der Waals surface area contributed by atoms with Crippen LogP contribution in [-0.4, -0.2) is 41.1 Å². The minimum Gasteiger partial charge on any atom is -0.484 e. The normalized spacial score (nSPS) is 16.8. The van der Waals surface area contributed by atoms with Gasteiger partial charge in [-0.25, -0.2) is 0 Å². The van der Waals surface area contributed by atoms with E-state index in [1.807, 2.05) is 0 Å². The molecule has 1 aliphatic rings. The fourth-order valence-corrected chi connectivity index (χ4v) is 2.98. The van der Waals surface area contributed by atoms with E-state index in [1.165, 1.54) is 11.8 Å². The molecular formula is C16H18ClN3O4S. The average molecular weight is 384 g/mol. The van der Waals surface area contributed by atoms with E-state index < -0.39 is 0 Å². The fourth-order valence-electron chi connectivity index (χ4n) is 2.24. The number of benzene rings is 1. The lowest BCUT2D eigenvalue weighted by atomic mass is 10.2. The third-order valence-electron chi connectivity index (χ3n) is 3.50. The van der Waals surface area contributed by atoms with Crippen LogP contribution < -0.4 is 10.1 Å². The maximum atomic E-state index is 11.8. The molecule has 1 unspecified atom stereocenters. The summed E-state index contributed by atoms with van der Waals surface area (Å²) in [4.78, 5) is 11.8. The summed E-state index contributed by atoms with van der Waals surface area (Å²) in [5, 5.41) is 11.6. The standard InChI is InChI=1S/C16H18ClN3O4S/c17-11-3-5-12(6-4-11)23-9-15-19-20-16(24-15)25-10-14(21)18-8-13-2-1-7-22-13/h3-6,13H,1-2,7-10H2,(H,18,21). The molecule has 0 radical (unpaired) electrons. The predicted octanol–water partition coefficient (Wildman–Crippen LogP) is 2.69. The molecule has 0 spiro atoms. The van der Waals surface area contributed by atoms with E-state index in [9.17, 15) is 4.79 Å². The summed E-state index contributed by atoms with van der Waals surface area (Å²) in [6.45, 7) is 1.47. The van der Waals surface area contributed by atoms with Crippen molar-refractivity contribution in [2.45, 2.75) is 30.8 Å². The Kier molecular flexibility index (Phi) is 6.55. The van der Waals surface area contributed by atoms with Gasteiger partial charge in [-0.2, -0.15) is 0 Å². The molecule has 0 saturated carbocycles. The van der Waals surface area contributed by atoms with Crippen molar-refractivity contribution in [1.29, 1.82) is 0 Å². The maximum absolute atomic E-state index is 11.8. The monoisotopic (exact) mass is 383 g/mol. The maximum Gasteiger partial charge on any atom is 0.277 e. The summed E-state index contributed by atoms with van der Waals surface area (Å²) < 4.78 is 16.4. The average Bonchev–Trinajstić information content (AvgIpc) is 3.29. The third kappa shape index (κ3) is 5.91. The molecule has 1 fully saturated rings. The van der Waals surface area contributed by atoms with E-state index in [0.717, 1.165) is 19.4 Å². The number of ether oxygens (including phenoxy) is 2. The molecule has 0 aliphatic carbocycles. The van der Waals surface area contributed by atoms with Crippen LogP contribution in [0.3, 0.4) is 0 Å². The Morgan fingerprint density at radius 3 is 2.96 bits per heavy atom. The van der Waals surface area contributed by atoms with E-state index in [1.54, 1.807) is 24.3 Å². The van der Waals surface area contributed by atoms with Crippen molar-refractivity contribution < 1.29 is 18.7 Å². The van der Waals surface area contributed by atoms with E-state index >= 15 is 0 Å². The zero-order chi connectivity index (χ0) is 17.5. The van der Waals surface area contributed by atoms with Crippen molar-refractivity contribution in [3.8, 4) is 5.75 Å². The molecule has 2 aromatic rings. The Morgan fingerprint density at radius 2 is 2.20 bits per heavy atom. The molecule has 1 amide bonds. The highest BCUT2D eigenvalue weighted by molar-refractivity contribution is 7.99. The number of rotatable bonds is 8. The Labute approximate surface area is 154 Å². The van der Waals surface area contributed by atoms with Gasteiger partial charge in [0.2, 0.25) is 5.91 Å². The Balaban J connectivity index is 1.37. The molecule has 25 heavy (non-hydrogen) atoms. The third-order valence-corrected chi connectivity index (χ3v) is 4.57. The molecule has 2 heterocycles. The van der Waals surface area contributed by atoms with Gasteiger partial charge in [-0.05, 0) is 37.1 Å². The van der Waals surface area contributed by atoms with Gasteiger partial charge in [-0.1, -0.05) is 23.4 Å². The number of carbonyl (C=O) groups is 1. The molecule has 7 nitrogen and oxygen atoms in total. The van der Waals surface area contributed by atoms with Gasteiger partial charge in [0.1, 0.15) is 5.75 Å². The van der Waals surface area contributed by atoms with Crippen molar-refractivity contribution >= 4 is 29.3 Å². The molecule has 1 aromatic heterocycles. The summed E-state index contributed by atoms with van der Waals surface area (Å²) in [6, 6.07) is 6.99. The molecular weight excluding hydrogens is 366 g/mol. The first-order chi connectivity index (χ1) is 12.2. The van der Waals surface area contributed by atoms with Crippen molar-refractivity contribution in [2.24, 2.45) is 0 Å². The highest BCUT2D eigenvalue weighted by Gasteiger charge is 2.16. The van der Waals surface area contributed by atoms with Gasteiger partial charge in [0.25, 0.3) is 11.1 Å². The number of thioether (sulfide) groups is 1. The van der Waals surface area contributed by atoms with Gasteiger partial charge >= 0.3 is 0 Å². The molecule has 0 bridgehead atoms. The molecule has 1 saturated heterocycles. The minimum absolute atomic E-state index is 0.0855. The summed E-state index contributed by atoms with van der Waals surface area (Å²) >= 11 is 7.00. The van der Waals surface area contributed by atoms with E-state index in [2.05, 4.69) is 15.5 Å². The summed E-state index contributed by atoms with van der Waals surface area (Å²) in [7, 11) is 0. The first-order valence-corrected chi connectivity index (χ1v) is 9.27. The van der Waals surface area contributed by atoms with Crippen molar-refractivity contribution in [2.75, 3.05) is 18.9 Å². The van der Waals surface area contributed by atoms with E-state index in [4.69, 9.17) is 25.5 Å². The van der Waals surface area contributed by atoms with Gasteiger partial charge in [0.15, 0.2) is 6.61 Å². The van der Waals surface area contributed by atoms with Crippen LogP contribution in [0, 0.1) is 0 Å².